The molecule has 0 atom stereocenters. The summed E-state index contributed by atoms with van der Waals surface area (Å²) < 4.78 is 33.0. The molecule has 0 amide bonds. The van der Waals surface area contributed by atoms with Crippen molar-refractivity contribution in [1.29, 1.82) is 0 Å². The van der Waals surface area contributed by atoms with Crippen molar-refractivity contribution >= 4 is 99.5 Å². The molecule has 0 unspecified atom stereocenters. The Morgan fingerprint density at radius 3 is 1.10 bits per heavy atom. The highest BCUT2D eigenvalue weighted by atomic mass is 19.2. The van der Waals surface area contributed by atoms with Crippen molar-refractivity contribution in [3.05, 3.63) is 224 Å². The molecule has 5 heterocycles. The Bertz CT molecular complexity index is 3980. The number of aromatic nitrogens is 3. The van der Waals surface area contributed by atoms with Crippen LogP contribution in [0.25, 0.3) is 71.1 Å². The van der Waals surface area contributed by atoms with Gasteiger partial charge in [0.05, 0.1) is 44.8 Å². The first-order chi connectivity index (χ1) is 35.0. The van der Waals surface area contributed by atoms with Gasteiger partial charge in [-0.1, -0.05) is 108 Å². The standard InChI is InChI=1S/C36H22FN3O2.C27H22N2/c37-40-27-19-17-23(38-29-9-1-5-13-33(29)41-34-14-6-2-10-30(34)38)21-25(27)26-22-24(18-20-28(26)40)39-31-11-3-7-15-35(31)42-36-16-8-4-12-32(36)39;1-18(2)28-24-12-6-5-11-22(24)23-17-19(15-16-27(23)28)29-25-13-7-3-9-20(25)21-10-4-8-14-26(21)29/h1-22H;3-18H,1-2H3. The third-order valence-corrected chi connectivity index (χ3v) is 14.1. The van der Waals surface area contributed by atoms with Gasteiger partial charge < -0.3 is 28.4 Å². The van der Waals surface area contributed by atoms with Gasteiger partial charge in [0.2, 0.25) is 0 Å². The van der Waals surface area contributed by atoms with Crippen LogP contribution in [0.15, 0.2) is 224 Å². The van der Waals surface area contributed by atoms with E-state index >= 15 is 4.48 Å². The molecule has 8 heteroatoms. The Balaban J connectivity index is 0.000000142. The molecule has 7 nitrogen and oxygen atoms in total. The summed E-state index contributed by atoms with van der Waals surface area (Å²) in [6, 6.07) is 77.1. The van der Waals surface area contributed by atoms with Crippen molar-refractivity contribution in [2.45, 2.75) is 19.9 Å². The fourth-order valence-corrected chi connectivity index (χ4v) is 11.1. The Kier molecular flexibility index (Phi) is 9.13. The number of hydrogen-bond donors (Lipinski definition) is 0. The maximum Gasteiger partial charge on any atom is 0.151 e. The first-order valence-corrected chi connectivity index (χ1v) is 24.1. The molecule has 2 aliphatic heterocycles. The van der Waals surface area contributed by atoms with Crippen LogP contribution < -0.4 is 19.3 Å². The van der Waals surface area contributed by atoms with Gasteiger partial charge in [-0.15, -0.1) is 0 Å². The Morgan fingerprint density at radius 1 is 0.324 bits per heavy atom. The number of anilines is 6. The Morgan fingerprint density at radius 2 is 0.648 bits per heavy atom. The van der Waals surface area contributed by atoms with E-state index in [0.717, 1.165) is 72.7 Å². The first-order valence-electron chi connectivity index (χ1n) is 24.1. The van der Waals surface area contributed by atoms with Crippen LogP contribution in [0.4, 0.5) is 38.6 Å². The van der Waals surface area contributed by atoms with E-state index in [0.29, 0.717) is 17.1 Å². The molecule has 2 aliphatic rings. The van der Waals surface area contributed by atoms with Gasteiger partial charge >= 0.3 is 0 Å². The number of para-hydroxylation sites is 11. The molecule has 0 fully saturated rings. The van der Waals surface area contributed by atoms with Crippen molar-refractivity contribution in [2.75, 3.05) is 9.80 Å². The molecule has 71 heavy (non-hydrogen) atoms. The largest absolute Gasteiger partial charge is 0.453 e. The quantitative estimate of drug-likeness (QED) is 0.176. The number of nitrogens with zero attached hydrogens (tertiary/aromatic N) is 5. The van der Waals surface area contributed by atoms with Crippen LogP contribution in [0.5, 0.6) is 23.0 Å². The summed E-state index contributed by atoms with van der Waals surface area (Å²) in [4.78, 5) is 5.13. The summed E-state index contributed by atoms with van der Waals surface area (Å²) in [5.41, 5.74) is 12.9. The highest BCUT2D eigenvalue weighted by Gasteiger charge is 2.28. The maximum absolute atomic E-state index is 15.8. The summed E-state index contributed by atoms with van der Waals surface area (Å²) in [5, 5.41) is 6.87. The van der Waals surface area contributed by atoms with Crippen LogP contribution in [0.2, 0.25) is 0 Å². The van der Waals surface area contributed by atoms with Crippen molar-refractivity contribution in [3.63, 3.8) is 0 Å². The lowest BCUT2D eigenvalue weighted by Gasteiger charge is -2.33. The molecule has 10 aromatic carbocycles. The molecule has 0 radical (unpaired) electrons. The predicted octanol–water partition coefficient (Wildman–Crippen LogP) is 18.2. The maximum atomic E-state index is 15.8. The number of ether oxygens (including phenoxy) is 2. The van der Waals surface area contributed by atoms with Crippen LogP contribution in [0.1, 0.15) is 19.9 Å². The fraction of sp³-hybridized carbons (Fsp3) is 0.0476. The monoisotopic (exact) mass is 921 g/mol. The van der Waals surface area contributed by atoms with Crippen LogP contribution in [0, 0.1) is 0 Å². The smallest absolute Gasteiger partial charge is 0.151 e. The van der Waals surface area contributed by atoms with Crippen molar-refractivity contribution in [1.82, 2.24) is 13.9 Å². The van der Waals surface area contributed by atoms with Gasteiger partial charge in [0.25, 0.3) is 0 Å². The van der Waals surface area contributed by atoms with E-state index in [1.807, 2.05) is 121 Å². The summed E-state index contributed by atoms with van der Waals surface area (Å²) in [6.07, 6.45) is 0. The van der Waals surface area contributed by atoms with E-state index < -0.39 is 0 Å². The molecular weight excluding hydrogens is 878 g/mol. The second-order valence-electron chi connectivity index (χ2n) is 18.5. The van der Waals surface area contributed by atoms with Gasteiger partial charge in [0, 0.05) is 66.5 Å². The van der Waals surface area contributed by atoms with Gasteiger partial charge in [-0.05, 0) is 135 Å². The molecule has 13 aromatic rings. The van der Waals surface area contributed by atoms with Gasteiger partial charge in [-0.3, -0.25) is 0 Å². The molecular formula is C63H44FN5O2. The van der Waals surface area contributed by atoms with Gasteiger partial charge in [0.1, 0.15) is 0 Å². The normalized spacial score (nSPS) is 12.7. The van der Waals surface area contributed by atoms with Crippen LogP contribution >= 0.6 is 0 Å². The highest BCUT2D eigenvalue weighted by Crippen LogP contribution is 2.53. The lowest BCUT2D eigenvalue weighted by atomic mass is 10.1. The second kappa shape index (κ2) is 15.9. The molecule has 3 aromatic heterocycles. The summed E-state index contributed by atoms with van der Waals surface area (Å²) in [5.74, 6) is 3.10. The number of benzene rings is 10. The molecule has 0 saturated carbocycles. The third kappa shape index (κ3) is 6.27. The summed E-state index contributed by atoms with van der Waals surface area (Å²) in [6.45, 7) is 4.51. The first kappa shape index (κ1) is 40.8. The average Bonchev–Trinajstić information content (AvgIpc) is 4.04. The molecule has 15 rings (SSSR count). The van der Waals surface area contributed by atoms with E-state index in [4.69, 9.17) is 9.47 Å². The van der Waals surface area contributed by atoms with Crippen molar-refractivity contribution in [3.8, 4) is 28.7 Å². The van der Waals surface area contributed by atoms with E-state index in [2.05, 4.69) is 136 Å². The van der Waals surface area contributed by atoms with E-state index in [9.17, 15) is 0 Å². The molecule has 0 bridgehead atoms. The van der Waals surface area contributed by atoms with Gasteiger partial charge in [-0.2, -0.15) is 4.79 Å². The zero-order chi connectivity index (χ0) is 47.3. The highest BCUT2D eigenvalue weighted by molar-refractivity contribution is 6.13. The molecule has 0 N–H and O–H groups in total. The zero-order valence-corrected chi connectivity index (χ0v) is 38.9. The molecule has 0 spiro atoms. The zero-order valence-electron chi connectivity index (χ0n) is 38.9. The third-order valence-electron chi connectivity index (χ3n) is 14.1. The van der Waals surface area contributed by atoms with Gasteiger partial charge in [0.15, 0.2) is 23.0 Å². The fourth-order valence-electron chi connectivity index (χ4n) is 11.1. The Labute approximate surface area is 408 Å². The number of rotatable bonds is 4. The number of fused-ring (bicyclic) bond motifs is 13. The number of halogens is 1. The van der Waals surface area contributed by atoms with Gasteiger partial charge in [-0.25, -0.2) is 0 Å². The summed E-state index contributed by atoms with van der Waals surface area (Å²) in [7, 11) is 0. The minimum absolute atomic E-state index is 0.413. The van der Waals surface area contributed by atoms with Crippen molar-refractivity contribution < 1.29 is 14.0 Å². The lowest BCUT2D eigenvalue weighted by Crippen LogP contribution is -2.15. The topological polar surface area (TPSA) is 39.7 Å². The van der Waals surface area contributed by atoms with Crippen LogP contribution in [-0.4, -0.2) is 13.9 Å². The van der Waals surface area contributed by atoms with E-state index in [1.54, 1.807) is 0 Å². The predicted molar refractivity (Wildman–Crippen MR) is 290 cm³/mol. The molecule has 0 saturated heterocycles. The second-order valence-corrected chi connectivity index (χ2v) is 18.5. The number of hydrogen-bond acceptors (Lipinski definition) is 4. The van der Waals surface area contributed by atoms with Crippen LogP contribution in [-0.2, 0) is 0 Å². The van der Waals surface area contributed by atoms with Crippen molar-refractivity contribution in [2.24, 2.45) is 0 Å². The minimum atomic E-state index is 0.413. The van der Waals surface area contributed by atoms with Crippen LogP contribution in [0.3, 0.4) is 0 Å². The SMILES string of the molecule is CC(C)n1c2ccccc2c2cc(-n3c4ccccc4c4ccccc43)ccc21.Fn1c2ccc(N3c4ccccc4Oc4ccccc43)cc2c2cc(N3c4ccccc4Oc4ccccc43)ccc21. The summed E-state index contributed by atoms with van der Waals surface area (Å²) >= 11 is 0. The lowest BCUT2D eigenvalue weighted by molar-refractivity contribution is 0.405. The molecule has 340 valence electrons. The minimum Gasteiger partial charge on any atom is -0.453 e. The van der Waals surface area contributed by atoms with E-state index in [-0.39, 0.29) is 0 Å². The average molecular weight is 922 g/mol. The molecule has 0 aliphatic carbocycles. The Hall–Kier alpha value is -9.27. The van der Waals surface area contributed by atoms with E-state index in [1.165, 1.54) is 49.3 Å².